The largest absolute Gasteiger partial charge is 0.399 e. The second-order valence-electron chi connectivity index (χ2n) is 3.95. The fraction of sp³-hybridized carbons (Fsp3) is 0.143. The molecule has 2 rings (SSSR count). The first-order valence-electron chi connectivity index (χ1n) is 5.59. The third-order valence-corrected chi connectivity index (χ3v) is 2.58. The molecule has 0 fully saturated rings. The minimum Gasteiger partial charge on any atom is -0.399 e. The van der Waals surface area contributed by atoms with Gasteiger partial charge in [-0.3, -0.25) is 0 Å². The monoisotopic (exact) mass is 246 g/mol. The summed E-state index contributed by atoms with van der Waals surface area (Å²) >= 11 is 0. The molecular formula is C14H15FN2O. The van der Waals surface area contributed by atoms with Crippen LogP contribution < -0.4 is 11.1 Å². The van der Waals surface area contributed by atoms with Gasteiger partial charge in [0.15, 0.2) is 0 Å². The molecule has 18 heavy (non-hydrogen) atoms. The highest BCUT2D eigenvalue weighted by Crippen LogP contribution is 2.24. The topological polar surface area (TPSA) is 47.3 Å². The number of ether oxygens (including phenoxy) is 1. The van der Waals surface area contributed by atoms with E-state index in [0.717, 1.165) is 11.3 Å². The molecule has 0 amide bonds. The van der Waals surface area contributed by atoms with Crippen LogP contribution in [0.3, 0.4) is 0 Å². The quantitative estimate of drug-likeness (QED) is 0.814. The van der Waals surface area contributed by atoms with Crippen molar-refractivity contribution in [3.8, 4) is 0 Å². The Morgan fingerprint density at radius 3 is 2.67 bits per heavy atom. The summed E-state index contributed by atoms with van der Waals surface area (Å²) in [5, 5.41) is 3.04. The van der Waals surface area contributed by atoms with Crippen molar-refractivity contribution in [2.24, 2.45) is 0 Å². The van der Waals surface area contributed by atoms with E-state index in [2.05, 4.69) is 5.32 Å². The van der Waals surface area contributed by atoms with Gasteiger partial charge < -0.3 is 15.8 Å². The van der Waals surface area contributed by atoms with Crippen molar-refractivity contribution in [2.45, 2.75) is 6.61 Å². The minimum absolute atomic E-state index is 0.373. The van der Waals surface area contributed by atoms with Gasteiger partial charge in [0, 0.05) is 24.0 Å². The van der Waals surface area contributed by atoms with Gasteiger partial charge in [0.25, 0.3) is 0 Å². The highest BCUT2D eigenvalue weighted by Gasteiger charge is 2.06. The van der Waals surface area contributed by atoms with E-state index in [1.54, 1.807) is 19.2 Å². The van der Waals surface area contributed by atoms with Crippen molar-refractivity contribution < 1.29 is 9.13 Å². The smallest absolute Gasteiger partial charge is 0.148 e. The summed E-state index contributed by atoms with van der Waals surface area (Å²) in [6.07, 6.45) is 0. The van der Waals surface area contributed by atoms with Crippen LogP contribution in [-0.4, -0.2) is 7.11 Å². The van der Waals surface area contributed by atoms with Gasteiger partial charge in [0.2, 0.25) is 0 Å². The highest BCUT2D eigenvalue weighted by molar-refractivity contribution is 5.65. The molecule has 0 saturated carbocycles. The summed E-state index contributed by atoms with van der Waals surface area (Å²) in [4.78, 5) is 0. The number of halogens is 1. The van der Waals surface area contributed by atoms with E-state index in [0.29, 0.717) is 18.0 Å². The lowest BCUT2D eigenvalue weighted by Gasteiger charge is -2.12. The fourth-order valence-corrected chi connectivity index (χ4v) is 1.70. The van der Waals surface area contributed by atoms with E-state index < -0.39 is 0 Å². The van der Waals surface area contributed by atoms with Crippen molar-refractivity contribution in [3.63, 3.8) is 0 Å². The number of anilines is 3. The minimum atomic E-state index is -0.373. The maximum absolute atomic E-state index is 13.7. The molecule has 3 N–H and O–H groups in total. The summed E-state index contributed by atoms with van der Waals surface area (Å²) in [6, 6.07) is 12.2. The molecule has 0 atom stereocenters. The van der Waals surface area contributed by atoms with Gasteiger partial charge in [-0.15, -0.1) is 0 Å². The number of benzene rings is 2. The molecule has 0 bridgehead atoms. The normalized spacial score (nSPS) is 10.3. The predicted molar refractivity (Wildman–Crippen MR) is 71.3 cm³/mol. The van der Waals surface area contributed by atoms with Gasteiger partial charge in [-0.05, 0) is 24.3 Å². The van der Waals surface area contributed by atoms with E-state index in [-0.39, 0.29) is 5.82 Å². The zero-order valence-corrected chi connectivity index (χ0v) is 10.1. The molecule has 2 aromatic carbocycles. The zero-order valence-electron chi connectivity index (χ0n) is 10.1. The summed E-state index contributed by atoms with van der Waals surface area (Å²) in [5.41, 5.74) is 8.10. The maximum atomic E-state index is 13.7. The van der Waals surface area contributed by atoms with Crippen molar-refractivity contribution >= 4 is 17.1 Å². The number of nitrogens with two attached hydrogens (primary N) is 1. The standard InChI is InChI=1S/C14H15FN2O/c1-18-9-10-4-2-3-5-13(10)17-14-7-6-11(16)8-12(14)15/h2-8,17H,9,16H2,1H3. The fourth-order valence-electron chi connectivity index (χ4n) is 1.70. The first-order valence-corrected chi connectivity index (χ1v) is 5.59. The predicted octanol–water partition coefficient (Wildman–Crippen LogP) is 3.30. The average molecular weight is 246 g/mol. The van der Waals surface area contributed by atoms with Gasteiger partial charge in [-0.2, -0.15) is 0 Å². The van der Waals surface area contributed by atoms with E-state index in [4.69, 9.17) is 10.5 Å². The first-order chi connectivity index (χ1) is 8.70. The molecule has 4 heteroatoms. The molecule has 0 aliphatic rings. The van der Waals surface area contributed by atoms with Crippen LogP contribution in [-0.2, 0) is 11.3 Å². The lowest BCUT2D eigenvalue weighted by molar-refractivity contribution is 0.185. The van der Waals surface area contributed by atoms with Crippen molar-refractivity contribution in [2.75, 3.05) is 18.2 Å². The molecule has 0 aliphatic heterocycles. The molecule has 0 heterocycles. The third-order valence-electron chi connectivity index (χ3n) is 2.58. The number of rotatable bonds is 4. The Morgan fingerprint density at radius 2 is 1.94 bits per heavy atom. The van der Waals surface area contributed by atoms with E-state index in [1.165, 1.54) is 6.07 Å². The van der Waals surface area contributed by atoms with E-state index in [1.807, 2.05) is 24.3 Å². The van der Waals surface area contributed by atoms with E-state index >= 15 is 0 Å². The molecule has 0 unspecified atom stereocenters. The lowest BCUT2D eigenvalue weighted by Crippen LogP contribution is -1.99. The number of hydrogen-bond donors (Lipinski definition) is 2. The van der Waals surface area contributed by atoms with Crippen LogP contribution in [0.5, 0.6) is 0 Å². The summed E-state index contributed by atoms with van der Waals surface area (Å²) in [7, 11) is 1.63. The molecular weight excluding hydrogens is 231 g/mol. The highest BCUT2D eigenvalue weighted by atomic mass is 19.1. The molecule has 0 radical (unpaired) electrons. The Balaban J connectivity index is 2.28. The van der Waals surface area contributed by atoms with Crippen LogP contribution in [0.15, 0.2) is 42.5 Å². The van der Waals surface area contributed by atoms with Crippen LogP contribution in [0.2, 0.25) is 0 Å². The van der Waals surface area contributed by atoms with Gasteiger partial charge in [-0.1, -0.05) is 18.2 Å². The maximum Gasteiger partial charge on any atom is 0.148 e. The van der Waals surface area contributed by atoms with Gasteiger partial charge in [-0.25, -0.2) is 4.39 Å². The Kier molecular flexibility index (Phi) is 3.79. The second kappa shape index (κ2) is 5.51. The number of nitrogen functional groups attached to an aromatic ring is 1. The Bertz CT molecular complexity index is 543. The van der Waals surface area contributed by atoms with Crippen molar-refractivity contribution in [3.05, 3.63) is 53.8 Å². The second-order valence-corrected chi connectivity index (χ2v) is 3.95. The third kappa shape index (κ3) is 2.78. The van der Waals surface area contributed by atoms with Crippen LogP contribution in [0.1, 0.15) is 5.56 Å². The summed E-state index contributed by atoms with van der Waals surface area (Å²) in [6.45, 7) is 0.472. The van der Waals surface area contributed by atoms with E-state index in [9.17, 15) is 4.39 Å². The molecule has 0 saturated heterocycles. The Labute approximate surface area is 105 Å². The van der Waals surface area contributed by atoms with Gasteiger partial charge in [0.1, 0.15) is 5.82 Å². The molecule has 0 aliphatic carbocycles. The average Bonchev–Trinajstić information content (AvgIpc) is 2.35. The molecule has 0 aromatic heterocycles. The molecule has 2 aromatic rings. The van der Waals surface area contributed by atoms with Crippen molar-refractivity contribution in [1.29, 1.82) is 0 Å². The molecule has 3 nitrogen and oxygen atoms in total. The SMILES string of the molecule is COCc1ccccc1Nc1ccc(N)cc1F. The number of methoxy groups -OCH3 is 1. The number of hydrogen-bond acceptors (Lipinski definition) is 3. The van der Waals surface area contributed by atoms with Crippen LogP contribution in [0.25, 0.3) is 0 Å². The number of para-hydroxylation sites is 1. The van der Waals surface area contributed by atoms with Crippen LogP contribution in [0, 0.1) is 5.82 Å². The first kappa shape index (κ1) is 12.4. The molecule has 94 valence electrons. The Hall–Kier alpha value is -2.07. The molecule has 0 spiro atoms. The zero-order chi connectivity index (χ0) is 13.0. The number of nitrogens with one attached hydrogen (secondary N) is 1. The Morgan fingerprint density at radius 1 is 1.17 bits per heavy atom. The van der Waals surface area contributed by atoms with Crippen LogP contribution >= 0.6 is 0 Å². The summed E-state index contributed by atoms with van der Waals surface area (Å²) < 4.78 is 18.8. The van der Waals surface area contributed by atoms with Gasteiger partial charge >= 0.3 is 0 Å². The van der Waals surface area contributed by atoms with Crippen molar-refractivity contribution in [1.82, 2.24) is 0 Å². The van der Waals surface area contributed by atoms with Gasteiger partial charge in [0.05, 0.1) is 12.3 Å². The lowest BCUT2D eigenvalue weighted by atomic mass is 10.1. The summed E-state index contributed by atoms with van der Waals surface area (Å²) in [5.74, 6) is -0.373. The van der Waals surface area contributed by atoms with Crippen LogP contribution in [0.4, 0.5) is 21.5 Å².